The largest absolute Gasteiger partial charge is 0.365 e. The Labute approximate surface area is 83.2 Å². The summed E-state index contributed by atoms with van der Waals surface area (Å²) in [7, 11) is 0. The maximum atomic E-state index is 12.6. The highest BCUT2D eigenvalue weighted by atomic mass is 32.1. The van der Waals surface area contributed by atoms with Gasteiger partial charge in [-0.15, -0.1) is 5.10 Å². The summed E-state index contributed by atoms with van der Waals surface area (Å²) >= 11 is 1.29. The molecule has 5 nitrogen and oxygen atoms in total. The highest BCUT2D eigenvalue weighted by Gasteiger charge is 1.98. The molecule has 2 aromatic rings. The fourth-order valence-electron chi connectivity index (χ4n) is 0.873. The lowest BCUT2D eigenvalue weighted by atomic mass is 10.5. The molecule has 2 heterocycles. The summed E-state index contributed by atoms with van der Waals surface area (Å²) in [6, 6.07) is 1.23. The van der Waals surface area contributed by atoms with E-state index in [-0.39, 0.29) is 0 Å². The Morgan fingerprint density at radius 1 is 1.43 bits per heavy atom. The Kier molecular flexibility index (Phi) is 2.59. The van der Waals surface area contributed by atoms with Gasteiger partial charge in [0.1, 0.15) is 12.1 Å². The van der Waals surface area contributed by atoms with E-state index in [0.29, 0.717) is 12.4 Å². The monoisotopic (exact) mass is 211 g/mol. The van der Waals surface area contributed by atoms with Gasteiger partial charge in [0.25, 0.3) is 0 Å². The van der Waals surface area contributed by atoms with Crippen LogP contribution in [0.3, 0.4) is 0 Å². The van der Waals surface area contributed by atoms with Gasteiger partial charge in [0.05, 0.1) is 17.6 Å². The first-order chi connectivity index (χ1) is 6.84. The Balaban J connectivity index is 1.98. The number of rotatable bonds is 3. The van der Waals surface area contributed by atoms with Gasteiger partial charge in [-0.2, -0.15) is 4.39 Å². The Morgan fingerprint density at radius 3 is 3.07 bits per heavy atom. The Hall–Kier alpha value is -1.63. The van der Waals surface area contributed by atoms with Crippen molar-refractivity contribution in [1.29, 1.82) is 0 Å². The molecule has 0 radical (unpaired) electrons. The van der Waals surface area contributed by atoms with E-state index in [4.69, 9.17) is 0 Å². The summed E-state index contributed by atoms with van der Waals surface area (Å²) in [4.78, 5) is 8.15. The van der Waals surface area contributed by atoms with Crippen LogP contribution in [0.1, 0.15) is 4.88 Å². The zero-order valence-corrected chi connectivity index (χ0v) is 7.83. The quantitative estimate of drug-likeness (QED) is 0.769. The van der Waals surface area contributed by atoms with Crippen molar-refractivity contribution in [3.63, 3.8) is 0 Å². The summed E-state index contributed by atoms with van der Waals surface area (Å²) in [5, 5.41) is 6.60. The molecule has 0 aliphatic heterocycles. The molecule has 0 atom stereocenters. The SMILES string of the molecule is Fc1cc(NCc2cnns2)ncn1. The highest BCUT2D eigenvalue weighted by Crippen LogP contribution is 2.07. The maximum Gasteiger partial charge on any atom is 0.217 e. The molecule has 2 aromatic heterocycles. The first-order valence-corrected chi connectivity index (χ1v) is 4.59. The van der Waals surface area contributed by atoms with Crippen LogP contribution in [0.25, 0.3) is 0 Å². The van der Waals surface area contributed by atoms with Crippen LogP contribution in [-0.4, -0.2) is 19.6 Å². The van der Waals surface area contributed by atoms with Crippen LogP contribution in [0.2, 0.25) is 0 Å². The summed E-state index contributed by atoms with van der Waals surface area (Å²) in [5.41, 5.74) is 0. The van der Waals surface area contributed by atoms with E-state index in [1.54, 1.807) is 6.20 Å². The van der Waals surface area contributed by atoms with E-state index in [1.165, 1.54) is 23.9 Å². The zero-order chi connectivity index (χ0) is 9.80. The van der Waals surface area contributed by atoms with E-state index in [0.717, 1.165) is 4.88 Å². The molecule has 0 aliphatic carbocycles. The summed E-state index contributed by atoms with van der Waals surface area (Å²) in [5.74, 6) is -0.101. The van der Waals surface area contributed by atoms with Crippen LogP contribution >= 0.6 is 11.5 Å². The number of anilines is 1. The lowest BCUT2D eigenvalue weighted by molar-refractivity contribution is 0.580. The summed E-state index contributed by atoms with van der Waals surface area (Å²) in [6.45, 7) is 0.536. The van der Waals surface area contributed by atoms with Gasteiger partial charge >= 0.3 is 0 Å². The number of hydrogen-bond acceptors (Lipinski definition) is 6. The molecule has 0 unspecified atom stereocenters. The average Bonchev–Trinajstić information content (AvgIpc) is 2.67. The van der Waals surface area contributed by atoms with Crippen LogP contribution < -0.4 is 5.32 Å². The van der Waals surface area contributed by atoms with Gasteiger partial charge in [0.15, 0.2) is 0 Å². The molecule has 0 bridgehead atoms. The van der Waals surface area contributed by atoms with Crippen molar-refractivity contribution < 1.29 is 4.39 Å². The molecule has 7 heteroatoms. The van der Waals surface area contributed by atoms with Crippen LogP contribution in [0.15, 0.2) is 18.6 Å². The fraction of sp³-hybridized carbons (Fsp3) is 0.143. The minimum Gasteiger partial charge on any atom is -0.365 e. The number of hydrogen-bond donors (Lipinski definition) is 1. The van der Waals surface area contributed by atoms with Crippen molar-refractivity contribution in [1.82, 2.24) is 19.6 Å². The molecule has 0 aliphatic rings. The lowest BCUT2D eigenvalue weighted by Gasteiger charge is -2.01. The van der Waals surface area contributed by atoms with E-state index >= 15 is 0 Å². The maximum absolute atomic E-state index is 12.6. The predicted molar refractivity (Wildman–Crippen MR) is 49.2 cm³/mol. The van der Waals surface area contributed by atoms with Gasteiger partial charge in [0, 0.05) is 6.07 Å². The number of aromatic nitrogens is 4. The van der Waals surface area contributed by atoms with Crippen LogP contribution in [0.5, 0.6) is 0 Å². The Bertz CT molecular complexity index is 404. The summed E-state index contributed by atoms with van der Waals surface area (Å²) in [6.07, 6.45) is 2.82. The Morgan fingerprint density at radius 2 is 2.36 bits per heavy atom. The first kappa shape index (κ1) is 8.95. The third-order valence-corrected chi connectivity index (χ3v) is 2.14. The number of nitrogens with one attached hydrogen (secondary N) is 1. The van der Waals surface area contributed by atoms with Crippen molar-refractivity contribution in [2.24, 2.45) is 0 Å². The van der Waals surface area contributed by atoms with Crippen molar-refractivity contribution in [3.8, 4) is 0 Å². The third kappa shape index (κ3) is 2.19. The number of nitrogens with zero attached hydrogens (tertiary/aromatic N) is 4. The summed E-state index contributed by atoms with van der Waals surface area (Å²) < 4.78 is 16.3. The smallest absolute Gasteiger partial charge is 0.217 e. The second-order valence-electron chi connectivity index (χ2n) is 2.46. The molecule has 0 saturated carbocycles. The van der Waals surface area contributed by atoms with Crippen molar-refractivity contribution in [2.75, 3.05) is 5.32 Å². The second kappa shape index (κ2) is 4.05. The van der Waals surface area contributed by atoms with E-state index in [9.17, 15) is 4.39 Å². The van der Waals surface area contributed by atoms with Crippen LogP contribution in [0.4, 0.5) is 10.2 Å². The van der Waals surface area contributed by atoms with Gasteiger partial charge in [-0.05, 0) is 11.5 Å². The van der Waals surface area contributed by atoms with Gasteiger partial charge in [-0.25, -0.2) is 9.97 Å². The van der Waals surface area contributed by atoms with Gasteiger partial charge in [-0.3, -0.25) is 0 Å². The van der Waals surface area contributed by atoms with Crippen molar-refractivity contribution >= 4 is 17.4 Å². The van der Waals surface area contributed by atoms with Gasteiger partial charge in [0.2, 0.25) is 5.95 Å². The lowest BCUT2D eigenvalue weighted by Crippen LogP contribution is -2.00. The normalized spacial score (nSPS) is 10.1. The highest BCUT2D eigenvalue weighted by molar-refractivity contribution is 7.05. The molecule has 2 rings (SSSR count). The molecule has 1 N–H and O–H groups in total. The molecule has 0 spiro atoms. The molecular weight excluding hydrogens is 205 g/mol. The second-order valence-corrected chi connectivity index (χ2v) is 3.33. The van der Waals surface area contributed by atoms with Gasteiger partial charge < -0.3 is 5.32 Å². The van der Waals surface area contributed by atoms with Crippen molar-refractivity contribution in [3.05, 3.63) is 29.4 Å². The minimum atomic E-state index is -0.551. The molecule has 0 saturated heterocycles. The van der Waals surface area contributed by atoms with E-state index < -0.39 is 5.95 Å². The fourth-order valence-corrected chi connectivity index (χ4v) is 1.30. The first-order valence-electron chi connectivity index (χ1n) is 3.82. The van der Waals surface area contributed by atoms with E-state index in [1.807, 2.05) is 0 Å². The standard InChI is InChI=1S/C7H6FN5S/c8-6-1-7(11-4-10-6)9-2-5-3-12-13-14-5/h1,3-4H,2H2,(H,9,10,11). The zero-order valence-electron chi connectivity index (χ0n) is 7.01. The van der Waals surface area contributed by atoms with Crippen LogP contribution in [0, 0.1) is 5.95 Å². The van der Waals surface area contributed by atoms with Crippen LogP contribution in [-0.2, 0) is 6.54 Å². The van der Waals surface area contributed by atoms with E-state index in [2.05, 4.69) is 24.9 Å². The molecule has 14 heavy (non-hydrogen) atoms. The topological polar surface area (TPSA) is 63.6 Å². The van der Waals surface area contributed by atoms with Crippen molar-refractivity contribution in [2.45, 2.75) is 6.54 Å². The molecule has 72 valence electrons. The molecule has 0 aromatic carbocycles. The number of halogens is 1. The molecular formula is C7H6FN5S. The molecule has 0 fully saturated rings. The van der Waals surface area contributed by atoms with Gasteiger partial charge in [-0.1, -0.05) is 4.49 Å². The predicted octanol–water partition coefficient (Wildman–Crippen LogP) is 1.08. The molecule has 0 amide bonds. The average molecular weight is 211 g/mol. The minimum absolute atomic E-state index is 0.450. The third-order valence-electron chi connectivity index (χ3n) is 1.48.